The monoisotopic (exact) mass is 343 g/mol. The van der Waals surface area contributed by atoms with E-state index >= 15 is 0 Å². The van der Waals surface area contributed by atoms with E-state index < -0.39 is 6.10 Å². The highest BCUT2D eigenvalue weighted by Gasteiger charge is 2.19. The number of hydrogen-bond donors (Lipinski definition) is 1. The zero-order valence-electron chi connectivity index (χ0n) is 14.3. The molecule has 0 bridgehead atoms. The molecule has 0 aromatic heterocycles. The second kappa shape index (κ2) is 7.79. The standard InChI is InChI=1S/C19H21NO5/c1-3-16(25-15-6-4-5-14(10-15)22-2)19(21)20-11-13-7-8-17-18(9-13)24-12-23-17/h4-10,16H,3,11-12H2,1-2H3,(H,20,21)/t16-/m0/s1. The van der Waals surface area contributed by atoms with Gasteiger partial charge in [-0.15, -0.1) is 0 Å². The molecule has 2 aromatic rings. The van der Waals surface area contributed by atoms with Gasteiger partial charge in [-0.25, -0.2) is 0 Å². The van der Waals surface area contributed by atoms with Crippen molar-refractivity contribution in [3.63, 3.8) is 0 Å². The Bertz CT molecular complexity index is 746. The Kier molecular flexibility index (Phi) is 5.28. The zero-order valence-corrected chi connectivity index (χ0v) is 14.3. The fourth-order valence-corrected chi connectivity index (χ4v) is 2.51. The predicted octanol–water partition coefficient (Wildman–Crippen LogP) is 2.90. The average molecular weight is 343 g/mol. The van der Waals surface area contributed by atoms with Crippen LogP contribution < -0.4 is 24.3 Å². The molecular weight excluding hydrogens is 322 g/mol. The largest absolute Gasteiger partial charge is 0.497 e. The number of nitrogens with one attached hydrogen (secondary N) is 1. The van der Waals surface area contributed by atoms with Gasteiger partial charge < -0.3 is 24.3 Å². The highest BCUT2D eigenvalue weighted by Crippen LogP contribution is 2.32. The summed E-state index contributed by atoms with van der Waals surface area (Å²) in [6, 6.07) is 12.8. The zero-order chi connectivity index (χ0) is 17.6. The summed E-state index contributed by atoms with van der Waals surface area (Å²) in [5, 5.41) is 2.90. The Labute approximate surface area is 146 Å². The minimum Gasteiger partial charge on any atom is -0.497 e. The van der Waals surface area contributed by atoms with Crippen molar-refractivity contribution in [1.82, 2.24) is 5.32 Å². The molecule has 1 N–H and O–H groups in total. The summed E-state index contributed by atoms with van der Waals surface area (Å²) in [5.74, 6) is 2.55. The van der Waals surface area contributed by atoms with Gasteiger partial charge in [0.15, 0.2) is 17.6 Å². The predicted molar refractivity (Wildman–Crippen MR) is 92.1 cm³/mol. The number of carbonyl (C=O) groups excluding carboxylic acids is 1. The molecule has 2 aromatic carbocycles. The normalized spacial score (nSPS) is 13.2. The number of hydrogen-bond acceptors (Lipinski definition) is 5. The SMILES string of the molecule is CC[C@H](Oc1cccc(OC)c1)C(=O)NCc1ccc2c(c1)OCO2. The van der Waals surface area contributed by atoms with E-state index in [1.165, 1.54) is 0 Å². The lowest BCUT2D eigenvalue weighted by Gasteiger charge is -2.17. The number of benzene rings is 2. The lowest BCUT2D eigenvalue weighted by Crippen LogP contribution is -2.37. The van der Waals surface area contributed by atoms with E-state index in [9.17, 15) is 4.79 Å². The first-order chi connectivity index (χ1) is 12.2. The van der Waals surface area contributed by atoms with Crippen LogP contribution in [0.3, 0.4) is 0 Å². The minimum absolute atomic E-state index is 0.164. The third-order valence-electron chi connectivity index (χ3n) is 3.89. The van der Waals surface area contributed by atoms with Crippen LogP contribution in [0.1, 0.15) is 18.9 Å². The molecule has 0 aliphatic carbocycles. The molecule has 1 amide bonds. The second-order valence-corrected chi connectivity index (χ2v) is 5.60. The van der Waals surface area contributed by atoms with Crippen LogP contribution in [-0.2, 0) is 11.3 Å². The summed E-state index contributed by atoms with van der Waals surface area (Å²) >= 11 is 0. The Morgan fingerprint density at radius 1 is 1.16 bits per heavy atom. The highest BCUT2D eigenvalue weighted by molar-refractivity contribution is 5.81. The van der Waals surface area contributed by atoms with Gasteiger partial charge in [0.25, 0.3) is 5.91 Å². The number of amides is 1. The van der Waals surface area contributed by atoms with Crippen LogP contribution in [0, 0.1) is 0 Å². The Morgan fingerprint density at radius 3 is 2.76 bits per heavy atom. The van der Waals surface area contributed by atoms with Crippen LogP contribution >= 0.6 is 0 Å². The van der Waals surface area contributed by atoms with E-state index in [0.717, 1.165) is 11.3 Å². The minimum atomic E-state index is -0.568. The molecule has 132 valence electrons. The van der Waals surface area contributed by atoms with Crippen molar-refractivity contribution in [1.29, 1.82) is 0 Å². The summed E-state index contributed by atoms with van der Waals surface area (Å²) in [6.07, 6.45) is -0.00871. The summed E-state index contributed by atoms with van der Waals surface area (Å²) in [6.45, 7) is 2.54. The first kappa shape index (κ1) is 17.0. The first-order valence-electron chi connectivity index (χ1n) is 8.16. The summed E-state index contributed by atoms with van der Waals surface area (Å²) in [4.78, 5) is 12.4. The maximum Gasteiger partial charge on any atom is 0.261 e. The molecule has 0 fully saturated rings. The quantitative estimate of drug-likeness (QED) is 0.837. The lowest BCUT2D eigenvalue weighted by molar-refractivity contribution is -0.128. The summed E-state index contributed by atoms with van der Waals surface area (Å²) < 4.78 is 21.6. The molecule has 0 spiro atoms. The molecule has 1 aliphatic rings. The van der Waals surface area contributed by atoms with Crippen LogP contribution in [0.15, 0.2) is 42.5 Å². The van der Waals surface area contributed by atoms with Gasteiger partial charge in [-0.1, -0.05) is 19.1 Å². The van der Waals surface area contributed by atoms with Crippen molar-refractivity contribution < 1.29 is 23.7 Å². The van der Waals surface area contributed by atoms with Crippen molar-refractivity contribution in [2.45, 2.75) is 26.0 Å². The van der Waals surface area contributed by atoms with Crippen LogP contribution in [0.4, 0.5) is 0 Å². The molecular formula is C19H21NO5. The van der Waals surface area contributed by atoms with Crippen LogP contribution in [-0.4, -0.2) is 25.9 Å². The van der Waals surface area contributed by atoms with Gasteiger partial charge in [0.1, 0.15) is 11.5 Å². The molecule has 0 saturated heterocycles. The van der Waals surface area contributed by atoms with Crippen LogP contribution in [0.25, 0.3) is 0 Å². The van der Waals surface area contributed by atoms with E-state index in [-0.39, 0.29) is 12.7 Å². The molecule has 0 unspecified atom stereocenters. The number of fused-ring (bicyclic) bond motifs is 1. The van der Waals surface area contributed by atoms with Crippen LogP contribution in [0.5, 0.6) is 23.0 Å². The van der Waals surface area contributed by atoms with Crippen molar-refractivity contribution >= 4 is 5.91 Å². The van der Waals surface area contributed by atoms with Gasteiger partial charge in [0, 0.05) is 12.6 Å². The van der Waals surface area contributed by atoms with E-state index in [4.69, 9.17) is 18.9 Å². The van der Waals surface area contributed by atoms with Crippen molar-refractivity contribution in [3.8, 4) is 23.0 Å². The van der Waals surface area contributed by atoms with Crippen molar-refractivity contribution in [2.75, 3.05) is 13.9 Å². The van der Waals surface area contributed by atoms with Gasteiger partial charge in [-0.2, -0.15) is 0 Å². The fourth-order valence-electron chi connectivity index (χ4n) is 2.51. The molecule has 25 heavy (non-hydrogen) atoms. The van der Waals surface area contributed by atoms with E-state index in [0.29, 0.717) is 30.2 Å². The molecule has 1 heterocycles. The van der Waals surface area contributed by atoms with Crippen molar-refractivity contribution in [3.05, 3.63) is 48.0 Å². The molecule has 0 radical (unpaired) electrons. The number of rotatable bonds is 7. The molecule has 3 rings (SSSR count). The van der Waals surface area contributed by atoms with Crippen LogP contribution in [0.2, 0.25) is 0 Å². The van der Waals surface area contributed by atoms with E-state index in [2.05, 4.69) is 5.32 Å². The maximum absolute atomic E-state index is 12.4. The Hall–Kier alpha value is -2.89. The fraction of sp³-hybridized carbons (Fsp3) is 0.316. The summed E-state index contributed by atoms with van der Waals surface area (Å²) in [5.41, 5.74) is 0.939. The van der Waals surface area contributed by atoms with Crippen molar-refractivity contribution in [2.24, 2.45) is 0 Å². The second-order valence-electron chi connectivity index (χ2n) is 5.60. The highest BCUT2D eigenvalue weighted by atomic mass is 16.7. The maximum atomic E-state index is 12.4. The van der Waals surface area contributed by atoms with Gasteiger partial charge in [0.2, 0.25) is 6.79 Å². The molecule has 6 nitrogen and oxygen atoms in total. The smallest absolute Gasteiger partial charge is 0.261 e. The first-order valence-corrected chi connectivity index (χ1v) is 8.16. The van der Waals surface area contributed by atoms with Gasteiger partial charge in [-0.05, 0) is 36.2 Å². The molecule has 1 atom stereocenters. The third kappa shape index (κ3) is 4.15. The van der Waals surface area contributed by atoms with E-state index in [1.807, 2.05) is 37.3 Å². The summed E-state index contributed by atoms with van der Waals surface area (Å²) in [7, 11) is 1.59. The van der Waals surface area contributed by atoms with Gasteiger partial charge in [0.05, 0.1) is 7.11 Å². The molecule has 1 aliphatic heterocycles. The topological polar surface area (TPSA) is 66.0 Å². The number of carbonyl (C=O) groups is 1. The molecule has 0 saturated carbocycles. The Balaban J connectivity index is 1.58. The number of ether oxygens (including phenoxy) is 4. The van der Waals surface area contributed by atoms with Gasteiger partial charge in [-0.3, -0.25) is 4.79 Å². The number of methoxy groups -OCH3 is 1. The lowest BCUT2D eigenvalue weighted by atomic mass is 10.2. The molecule has 6 heteroatoms. The third-order valence-corrected chi connectivity index (χ3v) is 3.89. The Morgan fingerprint density at radius 2 is 1.96 bits per heavy atom. The van der Waals surface area contributed by atoms with Gasteiger partial charge >= 0.3 is 0 Å². The van der Waals surface area contributed by atoms with E-state index in [1.54, 1.807) is 19.2 Å². The average Bonchev–Trinajstić information content (AvgIpc) is 3.12.